The van der Waals surface area contributed by atoms with Gasteiger partial charge in [0, 0.05) is 19.5 Å². The molecule has 1 heterocycles. The first-order chi connectivity index (χ1) is 11.5. The normalized spacial score (nSPS) is 19.8. The summed E-state index contributed by atoms with van der Waals surface area (Å²) in [6.45, 7) is 3.06. The predicted molar refractivity (Wildman–Crippen MR) is 96.8 cm³/mol. The van der Waals surface area contributed by atoms with E-state index in [1.807, 2.05) is 6.07 Å². The van der Waals surface area contributed by atoms with Gasteiger partial charge in [0.2, 0.25) is 0 Å². The molecule has 2 fully saturated rings. The Labute approximate surface area is 149 Å². The lowest BCUT2D eigenvalue weighted by molar-refractivity contribution is 0.0827. The standard InChI is InChI=1S/C19H27ClN2O2/c1-22(2)18(23)16-4-3-15(11-17(16)20)24-13-19(7-8-19)12-14-5-9-21-10-6-14/h3-4,11,14,21H,5-10,12-13H2,1-2H3. The number of halogens is 1. The number of nitrogens with one attached hydrogen (secondary N) is 1. The van der Waals surface area contributed by atoms with E-state index in [0.29, 0.717) is 16.0 Å². The quantitative estimate of drug-likeness (QED) is 0.852. The van der Waals surface area contributed by atoms with Gasteiger partial charge in [0.25, 0.3) is 5.91 Å². The van der Waals surface area contributed by atoms with Crippen molar-refractivity contribution in [2.75, 3.05) is 33.8 Å². The van der Waals surface area contributed by atoms with E-state index in [4.69, 9.17) is 16.3 Å². The highest BCUT2D eigenvalue weighted by molar-refractivity contribution is 6.34. The van der Waals surface area contributed by atoms with Crippen LogP contribution in [0.15, 0.2) is 18.2 Å². The summed E-state index contributed by atoms with van der Waals surface area (Å²) in [5.74, 6) is 1.50. The van der Waals surface area contributed by atoms with Gasteiger partial charge < -0.3 is 15.0 Å². The average Bonchev–Trinajstić information content (AvgIpc) is 3.33. The Bertz CT molecular complexity index is 593. The fraction of sp³-hybridized carbons (Fsp3) is 0.632. The molecule has 2 aliphatic rings. The molecule has 1 amide bonds. The third-order valence-corrected chi connectivity index (χ3v) is 5.57. The molecule has 1 saturated heterocycles. The van der Waals surface area contributed by atoms with Crippen molar-refractivity contribution in [3.05, 3.63) is 28.8 Å². The molecule has 1 saturated carbocycles. The van der Waals surface area contributed by atoms with Gasteiger partial charge >= 0.3 is 0 Å². The molecule has 0 unspecified atom stereocenters. The van der Waals surface area contributed by atoms with Crippen molar-refractivity contribution in [3.63, 3.8) is 0 Å². The smallest absolute Gasteiger partial charge is 0.254 e. The maximum atomic E-state index is 12.0. The number of nitrogens with zero attached hydrogens (tertiary/aromatic N) is 1. The zero-order valence-corrected chi connectivity index (χ0v) is 15.4. The summed E-state index contributed by atoms with van der Waals surface area (Å²) in [4.78, 5) is 13.5. The molecule has 1 N–H and O–H groups in total. The third kappa shape index (κ3) is 4.22. The third-order valence-electron chi connectivity index (χ3n) is 5.26. The Kier molecular flexibility index (Phi) is 5.36. The Balaban J connectivity index is 1.56. The number of rotatable bonds is 6. The number of carbonyl (C=O) groups is 1. The van der Waals surface area contributed by atoms with Gasteiger partial charge in [-0.05, 0) is 69.3 Å². The molecule has 0 bridgehead atoms. The van der Waals surface area contributed by atoms with Crippen LogP contribution in [0.25, 0.3) is 0 Å². The number of amides is 1. The van der Waals surface area contributed by atoms with Gasteiger partial charge in [0.05, 0.1) is 17.2 Å². The predicted octanol–water partition coefficient (Wildman–Crippen LogP) is 3.59. The van der Waals surface area contributed by atoms with Crippen LogP contribution in [0.3, 0.4) is 0 Å². The van der Waals surface area contributed by atoms with Crippen LogP contribution in [0.4, 0.5) is 0 Å². The maximum absolute atomic E-state index is 12.0. The highest BCUT2D eigenvalue weighted by Crippen LogP contribution is 2.52. The summed E-state index contributed by atoms with van der Waals surface area (Å²) in [6.07, 6.45) is 6.38. The van der Waals surface area contributed by atoms with E-state index in [0.717, 1.165) is 31.4 Å². The first-order valence-corrected chi connectivity index (χ1v) is 9.22. The topological polar surface area (TPSA) is 41.6 Å². The minimum atomic E-state index is -0.0869. The largest absolute Gasteiger partial charge is 0.493 e. The molecule has 3 rings (SSSR count). The van der Waals surface area contributed by atoms with E-state index >= 15 is 0 Å². The van der Waals surface area contributed by atoms with Crippen molar-refractivity contribution in [2.24, 2.45) is 11.3 Å². The molecule has 132 valence electrons. The lowest BCUT2D eigenvalue weighted by Gasteiger charge is -2.27. The molecule has 5 heteroatoms. The summed E-state index contributed by atoms with van der Waals surface area (Å²) in [5, 5.41) is 3.88. The molecule has 1 aromatic carbocycles. The number of piperidine rings is 1. The molecule has 1 aromatic rings. The van der Waals surface area contributed by atoms with E-state index < -0.39 is 0 Å². The molecule has 24 heavy (non-hydrogen) atoms. The molecule has 0 aromatic heterocycles. The fourth-order valence-electron chi connectivity index (χ4n) is 3.52. The highest BCUT2D eigenvalue weighted by Gasteiger charge is 2.45. The number of benzene rings is 1. The van der Waals surface area contributed by atoms with E-state index in [1.54, 1.807) is 26.2 Å². The van der Waals surface area contributed by atoms with Crippen LogP contribution in [0.1, 0.15) is 42.5 Å². The van der Waals surface area contributed by atoms with E-state index in [1.165, 1.54) is 37.0 Å². The molecule has 4 nitrogen and oxygen atoms in total. The Morgan fingerprint density at radius 1 is 1.33 bits per heavy atom. The van der Waals surface area contributed by atoms with Crippen LogP contribution in [-0.2, 0) is 0 Å². The summed E-state index contributed by atoms with van der Waals surface area (Å²) in [6, 6.07) is 5.37. The maximum Gasteiger partial charge on any atom is 0.254 e. The van der Waals surface area contributed by atoms with Gasteiger partial charge in [-0.3, -0.25) is 4.79 Å². The lowest BCUT2D eigenvalue weighted by Crippen LogP contribution is -2.30. The lowest BCUT2D eigenvalue weighted by atomic mass is 9.86. The number of hydrogen-bond acceptors (Lipinski definition) is 3. The number of carbonyl (C=O) groups excluding carboxylic acids is 1. The first kappa shape index (κ1) is 17.6. The van der Waals surface area contributed by atoms with Crippen molar-refractivity contribution < 1.29 is 9.53 Å². The molecule has 0 radical (unpaired) electrons. The van der Waals surface area contributed by atoms with Crippen molar-refractivity contribution in [1.82, 2.24) is 10.2 Å². The van der Waals surface area contributed by atoms with Crippen molar-refractivity contribution in [1.29, 1.82) is 0 Å². The first-order valence-electron chi connectivity index (χ1n) is 8.84. The summed E-state index contributed by atoms with van der Waals surface area (Å²) in [5.41, 5.74) is 0.886. The van der Waals surface area contributed by atoms with E-state index in [2.05, 4.69) is 5.32 Å². The van der Waals surface area contributed by atoms with Gasteiger partial charge in [-0.15, -0.1) is 0 Å². The molecule has 1 aliphatic heterocycles. The Morgan fingerprint density at radius 3 is 2.62 bits per heavy atom. The minimum absolute atomic E-state index is 0.0869. The Hall–Kier alpha value is -1.26. The minimum Gasteiger partial charge on any atom is -0.493 e. The summed E-state index contributed by atoms with van der Waals surface area (Å²) >= 11 is 6.26. The summed E-state index contributed by atoms with van der Waals surface area (Å²) in [7, 11) is 3.45. The van der Waals surface area contributed by atoms with Crippen LogP contribution in [0, 0.1) is 11.3 Å². The van der Waals surface area contributed by atoms with Crippen molar-refractivity contribution in [3.8, 4) is 5.75 Å². The van der Waals surface area contributed by atoms with Crippen LogP contribution in [0.5, 0.6) is 5.75 Å². The average molecular weight is 351 g/mol. The number of ether oxygens (including phenoxy) is 1. The van der Waals surface area contributed by atoms with Crippen LogP contribution in [0.2, 0.25) is 5.02 Å². The molecule has 0 spiro atoms. The zero-order chi connectivity index (χ0) is 17.2. The number of hydrogen-bond donors (Lipinski definition) is 1. The van der Waals surface area contributed by atoms with Crippen LogP contribution in [-0.4, -0.2) is 44.6 Å². The second kappa shape index (κ2) is 7.32. The SMILES string of the molecule is CN(C)C(=O)c1ccc(OCC2(CC3CCNCC3)CC2)cc1Cl. The van der Waals surface area contributed by atoms with Gasteiger partial charge in [0.15, 0.2) is 0 Å². The van der Waals surface area contributed by atoms with Crippen molar-refractivity contribution in [2.45, 2.75) is 32.1 Å². The zero-order valence-electron chi connectivity index (χ0n) is 14.6. The molecule has 0 atom stereocenters. The second-order valence-corrected chi connectivity index (χ2v) is 7.93. The molecule has 1 aliphatic carbocycles. The highest BCUT2D eigenvalue weighted by atomic mass is 35.5. The van der Waals surface area contributed by atoms with Crippen LogP contribution < -0.4 is 10.1 Å². The van der Waals surface area contributed by atoms with Gasteiger partial charge in [0.1, 0.15) is 5.75 Å². The Morgan fingerprint density at radius 2 is 2.04 bits per heavy atom. The molecular formula is C19H27ClN2O2. The molecular weight excluding hydrogens is 324 g/mol. The second-order valence-electron chi connectivity index (χ2n) is 7.53. The summed E-state index contributed by atoms with van der Waals surface area (Å²) < 4.78 is 6.03. The van der Waals surface area contributed by atoms with E-state index in [-0.39, 0.29) is 5.91 Å². The van der Waals surface area contributed by atoms with Crippen molar-refractivity contribution >= 4 is 17.5 Å². The van der Waals surface area contributed by atoms with Gasteiger partial charge in [-0.2, -0.15) is 0 Å². The fourth-order valence-corrected chi connectivity index (χ4v) is 3.77. The van der Waals surface area contributed by atoms with Gasteiger partial charge in [-0.1, -0.05) is 11.6 Å². The van der Waals surface area contributed by atoms with E-state index in [9.17, 15) is 4.79 Å². The van der Waals surface area contributed by atoms with Crippen LogP contribution >= 0.6 is 11.6 Å². The monoisotopic (exact) mass is 350 g/mol. The van der Waals surface area contributed by atoms with Gasteiger partial charge in [-0.25, -0.2) is 0 Å².